The second-order valence-corrected chi connectivity index (χ2v) is 6.61. The predicted molar refractivity (Wildman–Crippen MR) is 79.1 cm³/mol. The van der Waals surface area contributed by atoms with Crippen LogP contribution in [-0.4, -0.2) is 17.0 Å². The summed E-state index contributed by atoms with van der Waals surface area (Å²) in [6.45, 7) is 0. The Morgan fingerprint density at radius 3 is 2.63 bits per heavy atom. The largest absolute Gasteiger partial charge is 0.478 e. The summed E-state index contributed by atoms with van der Waals surface area (Å²) >= 11 is 2.05. The summed E-state index contributed by atoms with van der Waals surface area (Å²) in [6, 6.07) is 4.89. The summed E-state index contributed by atoms with van der Waals surface area (Å²) in [5.41, 5.74) is 0.785. The van der Waals surface area contributed by atoms with Crippen LogP contribution in [0, 0.1) is 21.3 Å². The van der Waals surface area contributed by atoms with Crippen molar-refractivity contribution in [2.24, 2.45) is 17.8 Å². The SMILES string of the molecule is O=C(O)c1cc(I)cc(NC(=O)C2CC2C2CC2)c1. The monoisotopic (exact) mass is 371 g/mol. The van der Waals surface area contributed by atoms with Gasteiger partial charge < -0.3 is 10.4 Å². The van der Waals surface area contributed by atoms with E-state index in [1.54, 1.807) is 12.1 Å². The average molecular weight is 371 g/mol. The summed E-state index contributed by atoms with van der Waals surface area (Å²) in [5.74, 6) is 0.535. The molecule has 0 heterocycles. The Kier molecular flexibility index (Phi) is 3.24. The molecular weight excluding hydrogens is 357 g/mol. The second-order valence-electron chi connectivity index (χ2n) is 5.37. The Morgan fingerprint density at radius 2 is 2.00 bits per heavy atom. The lowest BCUT2D eigenvalue weighted by atomic mass is 10.2. The first kappa shape index (κ1) is 12.9. The molecule has 0 saturated heterocycles. The topological polar surface area (TPSA) is 66.4 Å². The van der Waals surface area contributed by atoms with Crippen LogP contribution in [0.25, 0.3) is 0 Å². The van der Waals surface area contributed by atoms with Gasteiger partial charge in [0.1, 0.15) is 0 Å². The van der Waals surface area contributed by atoms with Crippen molar-refractivity contribution in [1.82, 2.24) is 0 Å². The van der Waals surface area contributed by atoms with Gasteiger partial charge in [0, 0.05) is 15.2 Å². The number of anilines is 1. The number of benzene rings is 1. The number of hydrogen-bond donors (Lipinski definition) is 2. The predicted octanol–water partition coefficient (Wildman–Crippen LogP) is 2.97. The van der Waals surface area contributed by atoms with Crippen molar-refractivity contribution in [2.45, 2.75) is 19.3 Å². The molecule has 2 aliphatic carbocycles. The highest BCUT2D eigenvalue weighted by atomic mass is 127. The van der Waals surface area contributed by atoms with Crippen LogP contribution in [-0.2, 0) is 4.79 Å². The highest BCUT2D eigenvalue weighted by Crippen LogP contribution is 2.54. The summed E-state index contributed by atoms with van der Waals surface area (Å²) < 4.78 is 0.808. The fraction of sp³-hybridized carbons (Fsp3) is 0.429. The molecule has 19 heavy (non-hydrogen) atoms. The molecule has 2 saturated carbocycles. The molecule has 2 aliphatic rings. The van der Waals surface area contributed by atoms with Crippen molar-refractivity contribution >= 4 is 40.2 Å². The van der Waals surface area contributed by atoms with Gasteiger partial charge in [-0.25, -0.2) is 4.79 Å². The van der Waals surface area contributed by atoms with Crippen LogP contribution in [0.5, 0.6) is 0 Å². The zero-order chi connectivity index (χ0) is 13.6. The summed E-state index contributed by atoms with van der Waals surface area (Å²) in [5, 5.41) is 11.8. The third kappa shape index (κ3) is 2.91. The van der Waals surface area contributed by atoms with Crippen LogP contribution in [0.1, 0.15) is 29.6 Å². The number of carboxylic acid groups (broad SMARTS) is 1. The minimum Gasteiger partial charge on any atom is -0.478 e. The number of aromatic carboxylic acids is 1. The lowest BCUT2D eigenvalue weighted by Crippen LogP contribution is -2.15. The Bertz CT molecular complexity index is 554. The van der Waals surface area contributed by atoms with E-state index in [-0.39, 0.29) is 17.4 Å². The molecule has 0 spiro atoms. The smallest absolute Gasteiger partial charge is 0.335 e. The van der Waals surface area contributed by atoms with Gasteiger partial charge in [0.15, 0.2) is 0 Å². The van der Waals surface area contributed by atoms with Crippen molar-refractivity contribution in [2.75, 3.05) is 5.32 Å². The minimum absolute atomic E-state index is 0.0373. The van der Waals surface area contributed by atoms with Crippen LogP contribution < -0.4 is 5.32 Å². The number of halogens is 1. The molecule has 0 radical (unpaired) electrons. The van der Waals surface area contributed by atoms with E-state index < -0.39 is 5.97 Å². The molecule has 1 aromatic carbocycles. The van der Waals surface area contributed by atoms with Crippen LogP contribution in [0.3, 0.4) is 0 Å². The van der Waals surface area contributed by atoms with E-state index in [9.17, 15) is 9.59 Å². The first-order valence-corrected chi connectivity index (χ1v) is 7.47. The molecule has 1 amide bonds. The maximum Gasteiger partial charge on any atom is 0.335 e. The summed E-state index contributed by atoms with van der Waals surface area (Å²) in [7, 11) is 0. The lowest BCUT2D eigenvalue weighted by molar-refractivity contribution is -0.117. The number of amides is 1. The average Bonchev–Trinajstić information content (AvgIpc) is 3.19. The normalized spacial score (nSPS) is 24.9. The van der Waals surface area contributed by atoms with Gasteiger partial charge in [-0.15, -0.1) is 0 Å². The van der Waals surface area contributed by atoms with Crippen molar-refractivity contribution < 1.29 is 14.7 Å². The van der Waals surface area contributed by atoms with Crippen LogP contribution >= 0.6 is 22.6 Å². The molecule has 5 heteroatoms. The quantitative estimate of drug-likeness (QED) is 0.800. The second kappa shape index (κ2) is 4.77. The molecule has 4 nitrogen and oxygen atoms in total. The Labute approximate surface area is 124 Å². The lowest BCUT2D eigenvalue weighted by Gasteiger charge is -2.07. The van der Waals surface area contributed by atoms with Gasteiger partial charge in [0.25, 0.3) is 0 Å². The molecule has 0 aliphatic heterocycles. The molecule has 0 aromatic heterocycles. The Hall–Kier alpha value is -1.11. The highest BCUT2D eigenvalue weighted by Gasteiger charge is 2.51. The number of carbonyl (C=O) groups is 2. The fourth-order valence-electron chi connectivity index (χ4n) is 2.58. The van der Waals surface area contributed by atoms with Crippen molar-refractivity contribution in [3.8, 4) is 0 Å². The van der Waals surface area contributed by atoms with Gasteiger partial charge in [-0.1, -0.05) is 0 Å². The third-order valence-corrected chi connectivity index (χ3v) is 4.44. The maximum absolute atomic E-state index is 12.0. The van der Waals surface area contributed by atoms with Crippen molar-refractivity contribution in [1.29, 1.82) is 0 Å². The number of hydrogen-bond acceptors (Lipinski definition) is 2. The minimum atomic E-state index is -0.976. The molecule has 2 unspecified atom stereocenters. The van der Waals surface area contributed by atoms with Crippen LogP contribution in [0.15, 0.2) is 18.2 Å². The van der Waals surface area contributed by atoms with Gasteiger partial charge in [-0.3, -0.25) is 4.79 Å². The number of nitrogens with one attached hydrogen (secondary N) is 1. The van der Waals surface area contributed by atoms with Gasteiger partial charge in [0.2, 0.25) is 5.91 Å². The van der Waals surface area contributed by atoms with Crippen LogP contribution in [0.2, 0.25) is 0 Å². The zero-order valence-electron chi connectivity index (χ0n) is 10.2. The van der Waals surface area contributed by atoms with Gasteiger partial charge in [-0.2, -0.15) is 0 Å². The molecule has 100 valence electrons. The molecule has 1 aromatic rings. The molecule has 2 fully saturated rings. The molecule has 2 N–H and O–H groups in total. The molecule has 3 rings (SSSR count). The fourth-order valence-corrected chi connectivity index (χ4v) is 3.25. The van der Waals surface area contributed by atoms with E-state index in [0.717, 1.165) is 15.9 Å². The Morgan fingerprint density at radius 1 is 1.26 bits per heavy atom. The van der Waals surface area contributed by atoms with Crippen molar-refractivity contribution in [3.63, 3.8) is 0 Å². The molecular formula is C14H14INO3. The molecule has 0 bridgehead atoms. The number of carbonyl (C=O) groups excluding carboxylic acids is 1. The molecule has 2 atom stereocenters. The standard InChI is InChI=1S/C14H14INO3/c15-9-3-8(14(18)19)4-10(5-9)16-13(17)12-6-11(12)7-1-2-7/h3-5,7,11-12H,1-2,6H2,(H,16,17)(H,18,19). The number of rotatable bonds is 4. The van der Waals surface area contributed by atoms with Crippen molar-refractivity contribution in [3.05, 3.63) is 27.3 Å². The van der Waals surface area contributed by atoms with E-state index in [1.165, 1.54) is 18.9 Å². The van der Waals surface area contributed by atoms with Gasteiger partial charge in [0.05, 0.1) is 5.56 Å². The number of carboxylic acids is 1. The zero-order valence-corrected chi connectivity index (χ0v) is 12.4. The first-order valence-electron chi connectivity index (χ1n) is 6.39. The van der Waals surface area contributed by atoms with Crippen LogP contribution in [0.4, 0.5) is 5.69 Å². The third-order valence-electron chi connectivity index (χ3n) is 3.82. The van der Waals surface area contributed by atoms with Gasteiger partial charge in [-0.05, 0) is 71.9 Å². The van der Waals surface area contributed by atoms with E-state index in [4.69, 9.17) is 5.11 Å². The van der Waals surface area contributed by atoms with E-state index in [2.05, 4.69) is 27.9 Å². The van der Waals surface area contributed by atoms with E-state index >= 15 is 0 Å². The van der Waals surface area contributed by atoms with Gasteiger partial charge >= 0.3 is 5.97 Å². The maximum atomic E-state index is 12.0. The van der Waals surface area contributed by atoms with E-state index in [1.807, 2.05) is 0 Å². The highest BCUT2D eigenvalue weighted by molar-refractivity contribution is 14.1. The van der Waals surface area contributed by atoms with E-state index in [0.29, 0.717) is 11.6 Å². The summed E-state index contributed by atoms with van der Waals surface area (Å²) in [4.78, 5) is 23.0. The summed E-state index contributed by atoms with van der Waals surface area (Å²) in [6.07, 6.45) is 3.52. The first-order chi connectivity index (χ1) is 9.04. The Balaban J connectivity index is 1.69.